The van der Waals surface area contributed by atoms with Crippen LogP contribution in [0, 0.1) is 5.82 Å². The fraction of sp³-hybridized carbons (Fsp3) is 0.0909. The van der Waals surface area contributed by atoms with E-state index in [-0.39, 0.29) is 11.5 Å². The third-order valence-electron chi connectivity index (χ3n) is 4.90. The molecule has 0 bridgehead atoms. The third kappa shape index (κ3) is 4.72. The minimum absolute atomic E-state index is 0.135. The van der Waals surface area contributed by atoms with E-state index in [0.29, 0.717) is 10.7 Å². The molecule has 36 heavy (non-hydrogen) atoms. The van der Waals surface area contributed by atoms with Crippen molar-refractivity contribution in [2.24, 2.45) is 15.2 Å². The van der Waals surface area contributed by atoms with Gasteiger partial charge in [-0.3, -0.25) is 9.59 Å². The Hall–Kier alpha value is -4.78. The molecule has 2 N–H and O–H groups in total. The first-order valence-electron chi connectivity index (χ1n) is 10.0. The Kier molecular flexibility index (Phi) is 6.65. The number of nitrogens with zero attached hydrogens (tertiary/aromatic N) is 5. The van der Waals surface area contributed by atoms with Gasteiger partial charge in [0.2, 0.25) is 5.88 Å². The maximum atomic E-state index is 13.3. The van der Waals surface area contributed by atoms with Crippen molar-refractivity contribution < 1.29 is 33.4 Å². The van der Waals surface area contributed by atoms with Crippen molar-refractivity contribution in [3.63, 3.8) is 0 Å². The highest BCUT2D eigenvalue weighted by atomic mass is 35.5. The molecule has 0 saturated heterocycles. The highest BCUT2D eigenvalue weighted by Gasteiger charge is 2.41. The molecule has 0 fully saturated rings. The van der Waals surface area contributed by atoms with Crippen molar-refractivity contribution in [1.29, 1.82) is 0 Å². The van der Waals surface area contributed by atoms with Crippen LogP contribution in [0.25, 0.3) is 0 Å². The number of hydrogen-bond donors (Lipinski definition) is 2. The van der Waals surface area contributed by atoms with Crippen LogP contribution in [0.15, 0.2) is 63.8 Å². The molecule has 0 aliphatic carbocycles. The van der Waals surface area contributed by atoms with Crippen molar-refractivity contribution in [2.75, 3.05) is 12.4 Å². The van der Waals surface area contributed by atoms with Crippen LogP contribution < -0.4 is 5.32 Å². The summed E-state index contributed by atoms with van der Waals surface area (Å²) < 4.78 is 18.6. The summed E-state index contributed by atoms with van der Waals surface area (Å²) in [5.41, 5.74) is -0.323. The SMILES string of the molecule is COC(=O)C(=O)C(C(=O)c1ccc(F)cc1)c1nc2n(c1O)/C(=N/C(=O)Nc1ccc(Cl)cc1)N=N2. The Morgan fingerprint density at radius 3 is 2.39 bits per heavy atom. The van der Waals surface area contributed by atoms with Gasteiger partial charge in [0.15, 0.2) is 5.78 Å². The number of halogens is 2. The molecule has 1 aromatic heterocycles. The van der Waals surface area contributed by atoms with Crippen LogP contribution in [-0.4, -0.2) is 51.3 Å². The van der Waals surface area contributed by atoms with Crippen molar-refractivity contribution in [1.82, 2.24) is 9.55 Å². The van der Waals surface area contributed by atoms with Gasteiger partial charge >= 0.3 is 12.0 Å². The fourth-order valence-electron chi connectivity index (χ4n) is 3.21. The number of imidazole rings is 1. The van der Waals surface area contributed by atoms with Crippen LogP contribution in [0.2, 0.25) is 5.02 Å². The zero-order chi connectivity index (χ0) is 26.0. The van der Waals surface area contributed by atoms with E-state index in [4.69, 9.17) is 11.6 Å². The first kappa shape index (κ1) is 24.3. The first-order valence-corrected chi connectivity index (χ1v) is 10.4. The van der Waals surface area contributed by atoms with Crippen LogP contribution >= 0.6 is 11.6 Å². The lowest BCUT2D eigenvalue weighted by molar-refractivity contribution is -0.151. The van der Waals surface area contributed by atoms with Gasteiger partial charge in [-0.25, -0.2) is 23.5 Å². The van der Waals surface area contributed by atoms with Crippen LogP contribution in [0.3, 0.4) is 0 Å². The molecule has 1 aliphatic rings. The number of benzene rings is 2. The van der Waals surface area contributed by atoms with E-state index in [1.807, 2.05) is 0 Å². The minimum Gasteiger partial charge on any atom is -0.493 e. The molecule has 182 valence electrons. The number of ether oxygens (including phenoxy) is 1. The van der Waals surface area contributed by atoms with Gasteiger partial charge in [-0.1, -0.05) is 11.6 Å². The van der Waals surface area contributed by atoms with Gasteiger partial charge in [-0.05, 0) is 48.5 Å². The van der Waals surface area contributed by atoms with E-state index in [9.17, 15) is 28.7 Å². The number of ketones is 2. The van der Waals surface area contributed by atoms with E-state index in [2.05, 4.69) is 30.3 Å². The summed E-state index contributed by atoms with van der Waals surface area (Å²) in [5, 5.41) is 21.1. The number of amides is 2. The maximum absolute atomic E-state index is 13.3. The lowest BCUT2D eigenvalue weighted by Crippen LogP contribution is -2.30. The lowest BCUT2D eigenvalue weighted by atomic mass is 9.90. The molecule has 0 saturated carbocycles. The number of carbonyl (C=O) groups is 4. The topological polar surface area (TPSA) is 165 Å². The van der Waals surface area contributed by atoms with Gasteiger partial charge in [0.05, 0.1) is 7.11 Å². The number of esters is 1. The number of carbonyl (C=O) groups excluding carboxylic acids is 4. The van der Waals surface area contributed by atoms with E-state index in [0.717, 1.165) is 35.9 Å². The van der Waals surface area contributed by atoms with E-state index < -0.39 is 52.8 Å². The number of rotatable bonds is 6. The van der Waals surface area contributed by atoms with Crippen molar-refractivity contribution in [3.8, 4) is 5.88 Å². The number of nitrogens with one attached hydrogen (secondary N) is 1. The van der Waals surface area contributed by atoms with Gasteiger partial charge in [-0.2, -0.15) is 4.99 Å². The quantitative estimate of drug-likeness (QED) is 0.220. The third-order valence-corrected chi connectivity index (χ3v) is 5.15. The summed E-state index contributed by atoms with van der Waals surface area (Å²) in [6.45, 7) is 0. The van der Waals surface area contributed by atoms with Gasteiger partial charge in [0.1, 0.15) is 17.4 Å². The predicted octanol–water partition coefficient (Wildman–Crippen LogP) is 3.62. The summed E-state index contributed by atoms with van der Waals surface area (Å²) in [4.78, 5) is 57.8. The molecule has 2 amide bonds. The minimum atomic E-state index is -1.96. The average molecular weight is 513 g/mol. The molecule has 14 heteroatoms. The van der Waals surface area contributed by atoms with Gasteiger partial charge < -0.3 is 15.2 Å². The zero-order valence-corrected chi connectivity index (χ0v) is 18.9. The number of fused-ring (bicyclic) bond motifs is 1. The van der Waals surface area contributed by atoms with Crippen molar-refractivity contribution in [3.05, 3.63) is 70.6 Å². The molecule has 2 heterocycles. The number of azo groups is 1. The highest BCUT2D eigenvalue weighted by Crippen LogP contribution is 2.36. The molecule has 4 rings (SSSR count). The van der Waals surface area contributed by atoms with Crippen LogP contribution in [0.5, 0.6) is 5.88 Å². The number of aromatic hydroxyl groups is 1. The molecular formula is C22H14ClFN6O6. The number of methoxy groups -OCH3 is 1. The highest BCUT2D eigenvalue weighted by molar-refractivity contribution is 6.41. The summed E-state index contributed by atoms with van der Waals surface area (Å²) in [6, 6.07) is 9.42. The average Bonchev–Trinajstić information content (AvgIpc) is 3.40. The van der Waals surface area contributed by atoms with E-state index in [1.165, 1.54) is 12.1 Å². The van der Waals surface area contributed by atoms with Crippen molar-refractivity contribution in [2.45, 2.75) is 5.92 Å². The smallest absolute Gasteiger partial charge is 0.375 e. The summed E-state index contributed by atoms with van der Waals surface area (Å²) in [5.74, 6) is -7.82. The van der Waals surface area contributed by atoms with Gasteiger partial charge in [-0.15, -0.1) is 10.2 Å². The number of urea groups is 1. The molecule has 12 nitrogen and oxygen atoms in total. The number of aromatic nitrogens is 2. The molecule has 0 spiro atoms. The first-order chi connectivity index (χ1) is 17.2. The Labute approximate surface area is 206 Å². The largest absolute Gasteiger partial charge is 0.493 e. The van der Waals surface area contributed by atoms with Crippen LogP contribution in [0.4, 0.5) is 20.8 Å². The Balaban J connectivity index is 1.70. The van der Waals surface area contributed by atoms with Crippen molar-refractivity contribution >= 4 is 52.8 Å². The van der Waals surface area contributed by atoms with Crippen LogP contribution in [0.1, 0.15) is 22.0 Å². The second kappa shape index (κ2) is 9.84. The number of aliphatic imine (C=N–C) groups is 1. The fourth-order valence-corrected chi connectivity index (χ4v) is 3.34. The molecule has 1 aliphatic heterocycles. The molecule has 2 aromatic carbocycles. The maximum Gasteiger partial charge on any atom is 0.375 e. The summed E-state index contributed by atoms with van der Waals surface area (Å²) in [7, 11) is 0.935. The molecule has 1 atom stereocenters. The van der Waals surface area contributed by atoms with Crippen LogP contribution in [-0.2, 0) is 14.3 Å². The number of hydrogen-bond acceptors (Lipinski definition) is 8. The Morgan fingerprint density at radius 2 is 1.75 bits per heavy atom. The normalized spacial score (nSPS) is 13.8. The molecular weight excluding hydrogens is 499 g/mol. The molecule has 3 aromatic rings. The predicted molar refractivity (Wildman–Crippen MR) is 122 cm³/mol. The molecule has 1 unspecified atom stereocenters. The van der Waals surface area contributed by atoms with Gasteiger partial charge in [0.25, 0.3) is 17.7 Å². The number of Topliss-reactive ketones (excluding diaryl/α,β-unsaturated/α-hetero) is 2. The van der Waals surface area contributed by atoms with Gasteiger partial charge in [0, 0.05) is 16.3 Å². The zero-order valence-electron chi connectivity index (χ0n) is 18.2. The van der Waals surface area contributed by atoms with E-state index >= 15 is 0 Å². The second-order valence-corrected chi connectivity index (χ2v) is 7.60. The lowest BCUT2D eigenvalue weighted by Gasteiger charge is -2.12. The molecule has 0 radical (unpaired) electrons. The monoisotopic (exact) mass is 512 g/mol. The number of anilines is 1. The standard InChI is InChI=1S/C22H14ClFN6O6/c1-36-19(34)17(32)14(16(31)10-2-6-12(24)7-3-10)15-18(33)30-20(26-15)28-29-21(30)27-22(35)25-13-8-4-11(23)5-9-13/h2-9,14,33H,1H3,(H,25,35)/b27-21+. The summed E-state index contributed by atoms with van der Waals surface area (Å²) in [6.07, 6.45) is 0. The second-order valence-electron chi connectivity index (χ2n) is 7.16. The Morgan fingerprint density at radius 1 is 1.08 bits per heavy atom. The Bertz CT molecular complexity index is 1450. The van der Waals surface area contributed by atoms with E-state index in [1.54, 1.807) is 12.1 Å². The summed E-state index contributed by atoms with van der Waals surface area (Å²) >= 11 is 5.81.